The molecule has 1 aliphatic rings. The molecule has 92 valence electrons. The smallest absolute Gasteiger partial charge is 0.269 e. The first kappa shape index (κ1) is 12.4. The van der Waals surface area contributed by atoms with Gasteiger partial charge in [-0.3, -0.25) is 10.1 Å². The van der Waals surface area contributed by atoms with Crippen molar-refractivity contribution in [1.29, 1.82) is 0 Å². The molecule has 1 N–H and O–H groups in total. The molecule has 1 saturated carbocycles. The highest BCUT2D eigenvalue weighted by Crippen LogP contribution is 2.34. The molecular formula is C12H15NO3S. The van der Waals surface area contributed by atoms with E-state index in [4.69, 9.17) is 0 Å². The Morgan fingerprint density at radius 1 is 1.24 bits per heavy atom. The molecule has 17 heavy (non-hydrogen) atoms. The van der Waals surface area contributed by atoms with Crippen LogP contribution < -0.4 is 0 Å². The van der Waals surface area contributed by atoms with Gasteiger partial charge in [0, 0.05) is 22.3 Å². The Morgan fingerprint density at radius 2 is 1.88 bits per heavy atom. The highest BCUT2D eigenvalue weighted by molar-refractivity contribution is 8.00. The molecule has 0 heterocycles. The zero-order chi connectivity index (χ0) is 12.3. The van der Waals surface area contributed by atoms with Crippen molar-refractivity contribution in [2.75, 3.05) is 0 Å². The van der Waals surface area contributed by atoms with Crippen molar-refractivity contribution in [3.63, 3.8) is 0 Å². The highest BCUT2D eigenvalue weighted by atomic mass is 32.2. The molecule has 0 spiro atoms. The Labute approximate surface area is 104 Å². The lowest BCUT2D eigenvalue weighted by molar-refractivity contribution is -0.384. The van der Waals surface area contributed by atoms with Gasteiger partial charge in [-0.05, 0) is 25.0 Å². The summed E-state index contributed by atoms with van der Waals surface area (Å²) in [5.74, 6) is 0. The van der Waals surface area contributed by atoms with Gasteiger partial charge in [-0.15, -0.1) is 11.8 Å². The van der Waals surface area contributed by atoms with Crippen molar-refractivity contribution < 1.29 is 10.0 Å². The fourth-order valence-electron chi connectivity index (χ4n) is 2.04. The van der Waals surface area contributed by atoms with Crippen LogP contribution in [-0.2, 0) is 0 Å². The van der Waals surface area contributed by atoms with Crippen LogP contribution in [0.25, 0.3) is 0 Å². The third-order valence-electron chi connectivity index (χ3n) is 3.00. The summed E-state index contributed by atoms with van der Waals surface area (Å²) in [6.45, 7) is 0. The van der Waals surface area contributed by atoms with Gasteiger partial charge in [0.25, 0.3) is 5.69 Å². The summed E-state index contributed by atoms with van der Waals surface area (Å²) in [7, 11) is 0. The summed E-state index contributed by atoms with van der Waals surface area (Å²) in [5.41, 5.74) is 0.110. The number of nitro benzene ring substituents is 1. The first-order valence-corrected chi connectivity index (χ1v) is 6.64. The van der Waals surface area contributed by atoms with Crippen LogP contribution in [0.3, 0.4) is 0 Å². The molecule has 1 aromatic carbocycles. The van der Waals surface area contributed by atoms with Crippen molar-refractivity contribution in [2.45, 2.75) is 41.9 Å². The van der Waals surface area contributed by atoms with E-state index < -0.39 is 4.92 Å². The van der Waals surface area contributed by atoms with Gasteiger partial charge in [0.2, 0.25) is 0 Å². The topological polar surface area (TPSA) is 63.4 Å². The van der Waals surface area contributed by atoms with E-state index in [1.807, 2.05) is 0 Å². The van der Waals surface area contributed by atoms with Gasteiger partial charge in [0.05, 0.1) is 11.0 Å². The summed E-state index contributed by atoms with van der Waals surface area (Å²) in [5, 5.41) is 20.6. The van der Waals surface area contributed by atoms with Crippen LogP contribution in [0, 0.1) is 10.1 Å². The highest BCUT2D eigenvalue weighted by Gasteiger charge is 2.23. The minimum Gasteiger partial charge on any atom is -0.392 e. The quantitative estimate of drug-likeness (QED) is 0.664. The van der Waals surface area contributed by atoms with Crippen molar-refractivity contribution in [3.8, 4) is 0 Å². The number of aliphatic hydroxyl groups is 1. The number of nitro groups is 1. The molecule has 5 heteroatoms. The molecule has 2 rings (SSSR count). The van der Waals surface area contributed by atoms with Crippen LogP contribution in [0.15, 0.2) is 29.2 Å². The van der Waals surface area contributed by atoms with E-state index in [-0.39, 0.29) is 17.0 Å². The fraction of sp³-hybridized carbons (Fsp3) is 0.500. The molecule has 0 radical (unpaired) electrons. The maximum absolute atomic E-state index is 10.5. The number of aliphatic hydroxyl groups excluding tert-OH is 1. The van der Waals surface area contributed by atoms with Crippen LogP contribution in [0.2, 0.25) is 0 Å². The number of hydrogen-bond donors (Lipinski definition) is 1. The van der Waals surface area contributed by atoms with Gasteiger partial charge in [-0.2, -0.15) is 0 Å². The molecule has 1 fully saturated rings. The minimum atomic E-state index is -0.399. The Kier molecular flexibility index (Phi) is 4.02. The molecule has 4 nitrogen and oxygen atoms in total. The SMILES string of the molecule is O=[N+]([O-])c1ccc(S[C@@H]2CCCC[C@H]2O)cc1. The third-order valence-corrected chi connectivity index (χ3v) is 4.40. The molecule has 0 aliphatic heterocycles. The monoisotopic (exact) mass is 253 g/mol. The number of non-ortho nitro benzene ring substituents is 1. The average molecular weight is 253 g/mol. The zero-order valence-electron chi connectivity index (χ0n) is 9.41. The normalized spacial score (nSPS) is 24.5. The van der Waals surface area contributed by atoms with Crippen LogP contribution in [0.5, 0.6) is 0 Å². The van der Waals surface area contributed by atoms with Gasteiger partial charge >= 0.3 is 0 Å². The number of rotatable bonds is 3. The summed E-state index contributed by atoms with van der Waals surface area (Å²) in [6, 6.07) is 6.53. The molecule has 0 bridgehead atoms. The van der Waals surface area contributed by atoms with Crippen molar-refractivity contribution in [2.24, 2.45) is 0 Å². The molecule has 2 atom stereocenters. The lowest BCUT2D eigenvalue weighted by Crippen LogP contribution is -2.26. The molecular weight excluding hydrogens is 238 g/mol. The molecule has 0 saturated heterocycles. The lowest BCUT2D eigenvalue weighted by Gasteiger charge is -2.26. The van der Waals surface area contributed by atoms with Gasteiger partial charge in [-0.1, -0.05) is 12.8 Å². The van der Waals surface area contributed by atoms with E-state index >= 15 is 0 Å². The first-order valence-electron chi connectivity index (χ1n) is 5.76. The first-order chi connectivity index (χ1) is 8.16. The van der Waals surface area contributed by atoms with Crippen LogP contribution in [0.1, 0.15) is 25.7 Å². The average Bonchev–Trinajstić information content (AvgIpc) is 2.33. The minimum absolute atomic E-state index is 0.110. The molecule has 0 amide bonds. The number of benzene rings is 1. The Balaban J connectivity index is 2.00. The van der Waals surface area contributed by atoms with E-state index in [1.165, 1.54) is 12.1 Å². The second-order valence-electron chi connectivity index (χ2n) is 4.26. The van der Waals surface area contributed by atoms with E-state index in [0.717, 1.165) is 30.6 Å². The maximum atomic E-state index is 10.5. The Bertz CT molecular complexity index is 393. The summed E-state index contributed by atoms with van der Waals surface area (Å²) in [4.78, 5) is 11.1. The summed E-state index contributed by atoms with van der Waals surface area (Å²) >= 11 is 1.62. The number of nitrogens with zero attached hydrogens (tertiary/aromatic N) is 1. The second-order valence-corrected chi connectivity index (χ2v) is 5.57. The van der Waals surface area contributed by atoms with Gasteiger partial charge < -0.3 is 5.11 Å². The zero-order valence-corrected chi connectivity index (χ0v) is 10.2. The van der Waals surface area contributed by atoms with Crippen molar-refractivity contribution in [3.05, 3.63) is 34.4 Å². The molecule has 0 aromatic heterocycles. The van der Waals surface area contributed by atoms with Crippen LogP contribution in [-0.4, -0.2) is 21.4 Å². The Hall–Kier alpha value is -1.07. The fourth-order valence-corrected chi connectivity index (χ4v) is 3.26. The standard InChI is InChI=1S/C12H15NO3S/c14-11-3-1-2-4-12(11)17-10-7-5-9(6-8-10)13(15)16/h5-8,11-12,14H,1-4H2/t11-,12-/m1/s1. The van der Waals surface area contributed by atoms with Crippen molar-refractivity contribution in [1.82, 2.24) is 0 Å². The molecule has 0 unspecified atom stereocenters. The number of hydrogen-bond acceptors (Lipinski definition) is 4. The predicted octanol–water partition coefficient (Wildman–Crippen LogP) is 2.99. The van der Waals surface area contributed by atoms with E-state index in [9.17, 15) is 15.2 Å². The van der Waals surface area contributed by atoms with Gasteiger partial charge in [0.1, 0.15) is 0 Å². The van der Waals surface area contributed by atoms with E-state index in [1.54, 1.807) is 23.9 Å². The maximum Gasteiger partial charge on any atom is 0.269 e. The molecule has 1 aliphatic carbocycles. The second kappa shape index (κ2) is 5.51. The summed E-state index contributed by atoms with van der Waals surface area (Å²) < 4.78 is 0. The van der Waals surface area contributed by atoms with E-state index in [2.05, 4.69) is 0 Å². The van der Waals surface area contributed by atoms with Gasteiger partial charge in [0.15, 0.2) is 0 Å². The van der Waals surface area contributed by atoms with Gasteiger partial charge in [-0.25, -0.2) is 0 Å². The molecule has 1 aromatic rings. The van der Waals surface area contributed by atoms with E-state index in [0.29, 0.717) is 0 Å². The van der Waals surface area contributed by atoms with Crippen LogP contribution in [0.4, 0.5) is 5.69 Å². The number of thioether (sulfide) groups is 1. The van der Waals surface area contributed by atoms with Crippen molar-refractivity contribution >= 4 is 17.4 Å². The predicted molar refractivity (Wildman–Crippen MR) is 67.2 cm³/mol. The lowest BCUT2D eigenvalue weighted by atomic mass is 9.97. The van der Waals surface area contributed by atoms with Crippen LogP contribution >= 0.6 is 11.8 Å². The summed E-state index contributed by atoms with van der Waals surface area (Å²) in [6.07, 6.45) is 3.89. The third kappa shape index (κ3) is 3.20. The Morgan fingerprint density at radius 3 is 2.47 bits per heavy atom. The largest absolute Gasteiger partial charge is 0.392 e.